The number of carbonyl (C=O) groups is 1. The molecule has 2 heterocycles. The highest BCUT2D eigenvalue weighted by Gasteiger charge is 2.46. The van der Waals surface area contributed by atoms with Gasteiger partial charge in [-0.1, -0.05) is 15.9 Å². The van der Waals surface area contributed by atoms with Crippen LogP contribution in [0.5, 0.6) is 5.75 Å². The number of nitrogens with zero attached hydrogens (tertiary/aromatic N) is 2. The molecule has 0 aliphatic carbocycles. The molecule has 2 aliphatic heterocycles. The van der Waals surface area contributed by atoms with Crippen LogP contribution in [-0.4, -0.2) is 48.0 Å². The first-order chi connectivity index (χ1) is 10.1. The van der Waals surface area contributed by atoms with Gasteiger partial charge < -0.3 is 19.5 Å². The molecule has 1 amide bonds. The van der Waals surface area contributed by atoms with E-state index in [-0.39, 0.29) is 18.1 Å². The lowest BCUT2D eigenvalue weighted by molar-refractivity contribution is 0.00842. The second-order valence-corrected chi connectivity index (χ2v) is 6.07. The number of hydrogen-bond donors (Lipinski definition) is 1. The Labute approximate surface area is 130 Å². The first-order valence-electron chi connectivity index (χ1n) is 6.54. The number of likely N-dealkylation sites (tertiary alicyclic amines) is 1. The summed E-state index contributed by atoms with van der Waals surface area (Å²) in [6, 6.07) is 7.35. The predicted molar refractivity (Wildman–Crippen MR) is 76.1 cm³/mol. The van der Waals surface area contributed by atoms with E-state index in [2.05, 4.69) is 22.0 Å². The molecule has 0 spiro atoms. The number of hydrogen-bond acceptors (Lipinski definition) is 4. The van der Waals surface area contributed by atoms with Crippen LogP contribution in [0.3, 0.4) is 0 Å². The number of carboxylic acid groups (broad SMARTS) is 1. The van der Waals surface area contributed by atoms with E-state index < -0.39 is 6.09 Å². The summed E-state index contributed by atoms with van der Waals surface area (Å²) in [6.45, 7) is 1.18. The van der Waals surface area contributed by atoms with Gasteiger partial charge in [0, 0.05) is 16.9 Å². The lowest BCUT2D eigenvalue weighted by Gasteiger charge is -2.34. The van der Waals surface area contributed by atoms with Crippen LogP contribution in [0.15, 0.2) is 22.7 Å². The van der Waals surface area contributed by atoms with Crippen molar-refractivity contribution in [1.82, 2.24) is 4.90 Å². The SMILES string of the molecule is N#Cc1cc(Br)ccc1OC1[C@@H]2CO[C@H]1CN(C(=O)O)C2. The Morgan fingerprint density at radius 1 is 1.52 bits per heavy atom. The van der Waals surface area contributed by atoms with Gasteiger partial charge in [-0.3, -0.25) is 0 Å². The molecule has 3 rings (SSSR count). The summed E-state index contributed by atoms with van der Waals surface area (Å²) in [5.74, 6) is 0.505. The molecule has 2 aliphatic rings. The number of fused-ring (bicyclic) bond motifs is 2. The van der Waals surface area contributed by atoms with Gasteiger partial charge in [0.2, 0.25) is 0 Å². The molecule has 0 radical (unpaired) electrons. The minimum absolute atomic E-state index is 0.00459. The van der Waals surface area contributed by atoms with Gasteiger partial charge in [0.15, 0.2) is 0 Å². The van der Waals surface area contributed by atoms with Crippen molar-refractivity contribution in [3.63, 3.8) is 0 Å². The van der Waals surface area contributed by atoms with Crippen molar-refractivity contribution < 1.29 is 19.4 Å². The zero-order valence-electron chi connectivity index (χ0n) is 11.0. The summed E-state index contributed by atoms with van der Waals surface area (Å²) < 4.78 is 12.4. The molecule has 2 saturated heterocycles. The highest BCUT2D eigenvalue weighted by atomic mass is 79.9. The molecule has 21 heavy (non-hydrogen) atoms. The standard InChI is InChI=1S/C14H13BrN2O4/c15-10-1-2-11(8(3-10)4-16)21-13-9-5-17(14(18)19)6-12(13)20-7-9/h1-3,9,12-13H,5-7H2,(H,18,19)/t9-,12-,13?/m0/s1. The molecule has 2 fully saturated rings. The summed E-state index contributed by atoms with van der Waals surface area (Å²) in [5.41, 5.74) is 0.449. The summed E-state index contributed by atoms with van der Waals surface area (Å²) in [5, 5.41) is 18.2. The lowest BCUT2D eigenvalue weighted by atomic mass is 9.96. The maximum absolute atomic E-state index is 11.1. The Balaban J connectivity index is 1.78. The molecular weight excluding hydrogens is 340 g/mol. The average Bonchev–Trinajstić information content (AvgIpc) is 2.70. The van der Waals surface area contributed by atoms with Gasteiger partial charge in [-0.2, -0.15) is 5.26 Å². The van der Waals surface area contributed by atoms with E-state index in [1.165, 1.54) is 4.90 Å². The van der Waals surface area contributed by atoms with Crippen molar-refractivity contribution in [3.05, 3.63) is 28.2 Å². The highest BCUT2D eigenvalue weighted by Crippen LogP contribution is 2.33. The van der Waals surface area contributed by atoms with Crippen molar-refractivity contribution in [2.24, 2.45) is 5.92 Å². The smallest absolute Gasteiger partial charge is 0.407 e. The zero-order chi connectivity index (χ0) is 15.0. The Bertz CT molecular complexity index is 601. The third kappa shape index (κ3) is 2.69. The number of nitriles is 1. The number of amides is 1. The Hall–Kier alpha value is -1.78. The first kappa shape index (κ1) is 14.2. The number of halogens is 1. The van der Waals surface area contributed by atoms with E-state index >= 15 is 0 Å². The Kier molecular flexibility index (Phi) is 3.74. The van der Waals surface area contributed by atoms with Gasteiger partial charge in [-0.15, -0.1) is 0 Å². The molecule has 7 heteroatoms. The summed E-state index contributed by atoms with van der Waals surface area (Å²) in [6.07, 6.45) is -1.43. The average molecular weight is 353 g/mol. The van der Waals surface area contributed by atoms with Gasteiger partial charge in [0.25, 0.3) is 0 Å². The van der Waals surface area contributed by atoms with Crippen molar-refractivity contribution in [2.75, 3.05) is 19.7 Å². The summed E-state index contributed by atoms with van der Waals surface area (Å²) in [4.78, 5) is 12.4. The normalized spacial score (nSPS) is 27.2. The van der Waals surface area contributed by atoms with Crippen LogP contribution in [0, 0.1) is 17.2 Å². The third-order valence-corrected chi connectivity index (χ3v) is 4.30. The third-order valence-electron chi connectivity index (χ3n) is 3.81. The van der Waals surface area contributed by atoms with E-state index in [1.807, 2.05) is 6.07 Å². The molecule has 1 aromatic carbocycles. The molecule has 6 nitrogen and oxygen atoms in total. The van der Waals surface area contributed by atoms with Crippen molar-refractivity contribution in [2.45, 2.75) is 12.2 Å². The molecular formula is C14H13BrN2O4. The van der Waals surface area contributed by atoms with Crippen LogP contribution in [0.4, 0.5) is 4.79 Å². The van der Waals surface area contributed by atoms with Crippen molar-refractivity contribution in [3.8, 4) is 11.8 Å². The molecule has 3 atom stereocenters. The Morgan fingerprint density at radius 2 is 2.33 bits per heavy atom. The monoisotopic (exact) mass is 352 g/mol. The van der Waals surface area contributed by atoms with Crippen molar-refractivity contribution in [1.29, 1.82) is 5.26 Å². The van der Waals surface area contributed by atoms with Gasteiger partial charge >= 0.3 is 6.09 Å². The number of piperidine rings is 1. The minimum Gasteiger partial charge on any atom is -0.486 e. The van der Waals surface area contributed by atoms with Crippen LogP contribution in [0.1, 0.15) is 5.56 Å². The van der Waals surface area contributed by atoms with Crippen LogP contribution in [0.25, 0.3) is 0 Å². The number of ether oxygens (including phenoxy) is 2. The summed E-state index contributed by atoms with van der Waals surface area (Å²) in [7, 11) is 0. The fourth-order valence-corrected chi connectivity index (χ4v) is 3.16. The maximum atomic E-state index is 11.1. The molecule has 2 bridgehead atoms. The lowest BCUT2D eigenvalue weighted by Crippen LogP contribution is -2.52. The first-order valence-corrected chi connectivity index (χ1v) is 7.33. The van der Waals surface area contributed by atoms with E-state index in [0.29, 0.717) is 31.0 Å². The van der Waals surface area contributed by atoms with E-state index in [9.17, 15) is 4.79 Å². The van der Waals surface area contributed by atoms with Gasteiger partial charge in [-0.25, -0.2) is 4.79 Å². The molecule has 1 N–H and O–H groups in total. The quantitative estimate of drug-likeness (QED) is 0.880. The molecule has 0 aromatic heterocycles. The topological polar surface area (TPSA) is 82.8 Å². The number of benzene rings is 1. The fourth-order valence-electron chi connectivity index (χ4n) is 2.80. The van der Waals surface area contributed by atoms with E-state index in [0.717, 1.165) is 4.47 Å². The fraction of sp³-hybridized carbons (Fsp3) is 0.429. The van der Waals surface area contributed by atoms with Gasteiger partial charge in [0.1, 0.15) is 24.0 Å². The van der Waals surface area contributed by atoms with E-state index in [4.69, 9.17) is 19.8 Å². The van der Waals surface area contributed by atoms with Gasteiger partial charge in [-0.05, 0) is 18.2 Å². The van der Waals surface area contributed by atoms with Crippen molar-refractivity contribution >= 4 is 22.0 Å². The molecule has 0 saturated carbocycles. The van der Waals surface area contributed by atoms with Gasteiger partial charge in [0.05, 0.1) is 18.7 Å². The minimum atomic E-state index is -0.935. The largest absolute Gasteiger partial charge is 0.486 e. The van der Waals surface area contributed by atoms with E-state index in [1.54, 1.807) is 12.1 Å². The number of rotatable bonds is 2. The summed E-state index contributed by atoms with van der Waals surface area (Å²) >= 11 is 3.32. The van der Waals surface area contributed by atoms with Crippen LogP contribution in [0.2, 0.25) is 0 Å². The zero-order valence-corrected chi connectivity index (χ0v) is 12.6. The molecule has 110 valence electrons. The second-order valence-electron chi connectivity index (χ2n) is 5.15. The van der Waals surface area contributed by atoms with Crippen LogP contribution >= 0.6 is 15.9 Å². The molecule has 1 aromatic rings. The molecule has 1 unspecified atom stereocenters. The maximum Gasteiger partial charge on any atom is 0.407 e. The van der Waals surface area contributed by atoms with Crippen LogP contribution in [-0.2, 0) is 4.74 Å². The highest BCUT2D eigenvalue weighted by molar-refractivity contribution is 9.10. The second kappa shape index (κ2) is 5.54. The predicted octanol–water partition coefficient (Wildman–Crippen LogP) is 2.08. The Morgan fingerprint density at radius 3 is 3.00 bits per heavy atom. The van der Waals surface area contributed by atoms with Crippen LogP contribution < -0.4 is 4.74 Å².